The van der Waals surface area contributed by atoms with Crippen LogP contribution in [0.2, 0.25) is 0 Å². The highest BCUT2D eigenvalue weighted by atomic mass is 16.5. The molecule has 132 valence electrons. The minimum Gasteiger partial charge on any atom is -0.495 e. The lowest BCUT2D eigenvalue weighted by molar-refractivity contribution is 0.0946. The van der Waals surface area contributed by atoms with Crippen molar-refractivity contribution < 1.29 is 9.53 Å². The monoisotopic (exact) mass is 348 g/mol. The van der Waals surface area contributed by atoms with Crippen molar-refractivity contribution in [1.29, 1.82) is 0 Å². The molecule has 0 fully saturated rings. The van der Waals surface area contributed by atoms with Crippen molar-refractivity contribution in [1.82, 2.24) is 15.3 Å². The van der Waals surface area contributed by atoms with E-state index < -0.39 is 0 Å². The lowest BCUT2D eigenvalue weighted by Crippen LogP contribution is -2.24. The second kappa shape index (κ2) is 8.11. The van der Waals surface area contributed by atoms with Crippen LogP contribution in [0.3, 0.4) is 0 Å². The first-order valence-corrected chi connectivity index (χ1v) is 8.22. The average Bonchev–Trinajstić information content (AvgIpc) is 2.67. The van der Waals surface area contributed by atoms with Gasteiger partial charge in [-0.15, -0.1) is 0 Å². The number of aryl methyl sites for hydroxylation is 1. The van der Waals surface area contributed by atoms with Crippen LogP contribution in [0.4, 0.5) is 11.6 Å². The number of amides is 1. The van der Waals surface area contributed by atoms with E-state index in [2.05, 4.69) is 20.6 Å². The van der Waals surface area contributed by atoms with Gasteiger partial charge in [0.15, 0.2) is 0 Å². The fourth-order valence-corrected chi connectivity index (χ4v) is 2.45. The lowest BCUT2D eigenvalue weighted by Gasteiger charge is -2.11. The van der Waals surface area contributed by atoms with Gasteiger partial charge in [-0.25, -0.2) is 9.97 Å². The SMILES string of the molecule is COc1ccc(C)cc1Nc1nccc(C(=O)NCc2ccccc2)n1. The Bertz CT molecular complexity index is 897. The van der Waals surface area contributed by atoms with Gasteiger partial charge >= 0.3 is 0 Å². The van der Waals surface area contributed by atoms with Crippen molar-refractivity contribution in [3.8, 4) is 5.75 Å². The summed E-state index contributed by atoms with van der Waals surface area (Å²) < 4.78 is 5.34. The second-order valence-electron chi connectivity index (χ2n) is 5.76. The van der Waals surface area contributed by atoms with Crippen molar-refractivity contribution in [3.05, 3.63) is 77.6 Å². The molecule has 0 atom stereocenters. The number of benzene rings is 2. The Balaban J connectivity index is 1.72. The van der Waals surface area contributed by atoms with Crippen molar-refractivity contribution in [3.63, 3.8) is 0 Å². The molecule has 0 saturated heterocycles. The van der Waals surface area contributed by atoms with E-state index in [9.17, 15) is 4.79 Å². The van der Waals surface area contributed by atoms with Gasteiger partial charge in [-0.1, -0.05) is 36.4 Å². The number of nitrogens with zero attached hydrogens (tertiary/aromatic N) is 2. The van der Waals surface area contributed by atoms with Crippen LogP contribution in [0, 0.1) is 6.92 Å². The summed E-state index contributed by atoms with van der Waals surface area (Å²) in [5, 5.41) is 5.96. The largest absolute Gasteiger partial charge is 0.495 e. The maximum atomic E-state index is 12.3. The average molecular weight is 348 g/mol. The molecule has 0 aliphatic heterocycles. The predicted octanol–water partition coefficient (Wildman–Crippen LogP) is 3.47. The summed E-state index contributed by atoms with van der Waals surface area (Å²) in [6.45, 7) is 2.43. The van der Waals surface area contributed by atoms with Crippen molar-refractivity contribution in [2.24, 2.45) is 0 Å². The third kappa shape index (κ3) is 4.36. The van der Waals surface area contributed by atoms with Crippen LogP contribution >= 0.6 is 0 Å². The Morgan fingerprint density at radius 1 is 1.12 bits per heavy atom. The van der Waals surface area contributed by atoms with Gasteiger partial charge in [-0.2, -0.15) is 0 Å². The molecule has 2 aromatic carbocycles. The van der Waals surface area contributed by atoms with Crippen molar-refractivity contribution in [2.45, 2.75) is 13.5 Å². The van der Waals surface area contributed by atoms with Gasteiger partial charge in [-0.3, -0.25) is 4.79 Å². The molecule has 1 amide bonds. The number of anilines is 2. The van der Waals surface area contributed by atoms with Gasteiger partial charge in [0.05, 0.1) is 12.8 Å². The molecule has 26 heavy (non-hydrogen) atoms. The zero-order valence-corrected chi connectivity index (χ0v) is 14.7. The van der Waals surface area contributed by atoms with Crippen LogP contribution in [-0.4, -0.2) is 23.0 Å². The first-order chi connectivity index (χ1) is 12.7. The van der Waals surface area contributed by atoms with Gasteiger partial charge in [0, 0.05) is 12.7 Å². The van der Waals surface area contributed by atoms with Crippen LogP contribution in [0.1, 0.15) is 21.6 Å². The molecule has 6 nitrogen and oxygen atoms in total. The maximum Gasteiger partial charge on any atom is 0.270 e. The fraction of sp³-hybridized carbons (Fsp3) is 0.150. The van der Waals surface area contributed by atoms with E-state index in [-0.39, 0.29) is 5.91 Å². The highest BCUT2D eigenvalue weighted by molar-refractivity contribution is 5.92. The third-order valence-electron chi connectivity index (χ3n) is 3.79. The number of ether oxygens (including phenoxy) is 1. The van der Waals surface area contributed by atoms with Gasteiger partial charge in [0.2, 0.25) is 5.95 Å². The van der Waals surface area contributed by atoms with E-state index >= 15 is 0 Å². The number of hydrogen-bond donors (Lipinski definition) is 2. The molecular formula is C20H20N4O2. The number of carbonyl (C=O) groups excluding carboxylic acids is 1. The van der Waals surface area contributed by atoms with Crippen LogP contribution < -0.4 is 15.4 Å². The molecule has 1 heterocycles. The van der Waals surface area contributed by atoms with E-state index in [4.69, 9.17) is 4.74 Å². The van der Waals surface area contributed by atoms with Crippen molar-refractivity contribution >= 4 is 17.5 Å². The first kappa shape index (κ1) is 17.4. The Kier molecular flexibility index (Phi) is 5.43. The van der Waals surface area contributed by atoms with E-state index in [0.717, 1.165) is 16.8 Å². The summed E-state index contributed by atoms with van der Waals surface area (Å²) in [7, 11) is 1.60. The summed E-state index contributed by atoms with van der Waals surface area (Å²) in [5.74, 6) is 0.759. The van der Waals surface area contributed by atoms with E-state index in [1.54, 1.807) is 19.4 Å². The molecule has 0 aliphatic rings. The van der Waals surface area contributed by atoms with Crippen LogP contribution in [0.5, 0.6) is 5.75 Å². The van der Waals surface area contributed by atoms with Crippen LogP contribution in [0.15, 0.2) is 60.8 Å². The molecule has 0 bridgehead atoms. The molecule has 6 heteroatoms. The minimum absolute atomic E-state index is 0.254. The lowest BCUT2D eigenvalue weighted by atomic mass is 10.2. The summed E-state index contributed by atoms with van der Waals surface area (Å²) >= 11 is 0. The highest BCUT2D eigenvalue weighted by Crippen LogP contribution is 2.27. The van der Waals surface area contributed by atoms with E-state index in [1.807, 2.05) is 55.5 Å². The smallest absolute Gasteiger partial charge is 0.270 e. The second-order valence-corrected chi connectivity index (χ2v) is 5.76. The highest BCUT2D eigenvalue weighted by Gasteiger charge is 2.10. The molecule has 0 radical (unpaired) electrons. The van der Waals surface area contributed by atoms with Gasteiger partial charge < -0.3 is 15.4 Å². The maximum absolute atomic E-state index is 12.3. The standard InChI is InChI=1S/C20H20N4O2/c1-14-8-9-18(26-2)17(12-14)24-20-21-11-10-16(23-20)19(25)22-13-15-6-4-3-5-7-15/h3-12H,13H2,1-2H3,(H,22,25)(H,21,23,24). The number of carbonyl (C=O) groups is 1. The van der Waals surface area contributed by atoms with Gasteiger partial charge in [0.1, 0.15) is 11.4 Å². The molecule has 1 aromatic heterocycles. The third-order valence-corrected chi connectivity index (χ3v) is 3.79. The molecule has 0 saturated carbocycles. The molecule has 2 N–H and O–H groups in total. The zero-order chi connectivity index (χ0) is 18.4. The number of rotatable bonds is 6. The summed E-state index contributed by atoms with van der Waals surface area (Å²) in [4.78, 5) is 20.8. The van der Waals surface area contributed by atoms with E-state index in [0.29, 0.717) is 23.9 Å². The quantitative estimate of drug-likeness (QED) is 0.713. The molecule has 0 aliphatic carbocycles. The number of aromatic nitrogens is 2. The Hall–Kier alpha value is -3.41. The van der Waals surface area contributed by atoms with Gasteiger partial charge in [-0.05, 0) is 36.2 Å². The first-order valence-electron chi connectivity index (χ1n) is 8.22. The minimum atomic E-state index is -0.254. The molecule has 3 rings (SSSR count). The fourth-order valence-electron chi connectivity index (χ4n) is 2.45. The Labute approximate surface area is 152 Å². The van der Waals surface area contributed by atoms with E-state index in [1.165, 1.54) is 0 Å². The Morgan fingerprint density at radius 2 is 1.92 bits per heavy atom. The number of hydrogen-bond acceptors (Lipinski definition) is 5. The molecule has 0 spiro atoms. The molecule has 3 aromatic rings. The predicted molar refractivity (Wildman–Crippen MR) is 101 cm³/mol. The number of nitrogens with one attached hydrogen (secondary N) is 2. The topological polar surface area (TPSA) is 76.1 Å². The molecule has 0 unspecified atom stereocenters. The summed E-state index contributed by atoms with van der Waals surface area (Å²) in [6, 6.07) is 17.1. The normalized spacial score (nSPS) is 10.2. The van der Waals surface area contributed by atoms with Crippen molar-refractivity contribution in [2.75, 3.05) is 12.4 Å². The number of methoxy groups -OCH3 is 1. The Morgan fingerprint density at radius 3 is 2.69 bits per heavy atom. The van der Waals surface area contributed by atoms with Gasteiger partial charge in [0.25, 0.3) is 5.91 Å². The zero-order valence-electron chi connectivity index (χ0n) is 14.7. The van der Waals surface area contributed by atoms with Crippen LogP contribution in [0.25, 0.3) is 0 Å². The molecular weight excluding hydrogens is 328 g/mol. The summed E-state index contributed by atoms with van der Waals surface area (Å²) in [5.41, 5.74) is 3.14. The summed E-state index contributed by atoms with van der Waals surface area (Å²) in [6.07, 6.45) is 1.55. The van der Waals surface area contributed by atoms with Crippen LogP contribution in [-0.2, 0) is 6.54 Å².